The van der Waals surface area contributed by atoms with Gasteiger partial charge in [0.1, 0.15) is 23.9 Å². The number of rotatable bonds is 7. The van der Waals surface area contributed by atoms with Crippen molar-refractivity contribution >= 4 is 16.0 Å². The van der Waals surface area contributed by atoms with E-state index in [4.69, 9.17) is 13.7 Å². The number of nitrogens with zero attached hydrogens (tertiary/aromatic N) is 2. The van der Waals surface area contributed by atoms with E-state index in [1.165, 1.54) is 24.3 Å². The predicted octanol–water partition coefficient (Wildman–Crippen LogP) is 3.17. The lowest BCUT2D eigenvalue weighted by molar-refractivity contribution is 0.0761. The standard InChI is InChI=1S/C24H30N2O6S/c1-2-3-10-25-11-5-12-26(14-13-25)24(27)19-6-4-7-20(17-19)32-33(28,29)21-8-9-22-23(18-21)31-16-15-30-22/h4,6-9,17-18H,2-3,5,10-16H2,1H3. The summed E-state index contributed by atoms with van der Waals surface area (Å²) < 4.78 is 41.9. The fourth-order valence-corrected chi connectivity index (χ4v) is 4.94. The summed E-state index contributed by atoms with van der Waals surface area (Å²) in [4.78, 5) is 17.3. The molecule has 4 rings (SSSR count). The van der Waals surface area contributed by atoms with Crippen molar-refractivity contribution in [2.24, 2.45) is 0 Å². The van der Waals surface area contributed by atoms with Crippen molar-refractivity contribution in [3.05, 3.63) is 48.0 Å². The van der Waals surface area contributed by atoms with Crippen LogP contribution < -0.4 is 13.7 Å². The molecule has 2 aliphatic rings. The van der Waals surface area contributed by atoms with Gasteiger partial charge in [0.15, 0.2) is 11.5 Å². The lowest BCUT2D eigenvalue weighted by Crippen LogP contribution is -2.35. The van der Waals surface area contributed by atoms with Gasteiger partial charge in [0.25, 0.3) is 5.91 Å². The summed E-state index contributed by atoms with van der Waals surface area (Å²) in [6, 6.07) is 10.7. The van der Waals surface area contributed by atoms with Crippen LogP contribution in [0.5, 0.6) is 17.2 Å². The Labute approximate surface area is 195 Å². The first kappa shape index (κ1) is 23.4. The van der Waals surface area contributed by atoms with Crippen LogP contribution in [0.3, 0.4) is 0 Å². The molecule has 8 nitrogen and oxygen atoms in total. The number of carbonyl (C=O) groups excluding carboxylic acids is 1. The molecule has 0 aliphatic carbocycles. The molecular weight excluding hydrogens is 444 g/mol. The van der Waals surface area contributed by atoms with Gasteiger partial charge >= 0.3 is 10.1 Å². The second kappa shape index (κ2) is 10.4. The van der Waals surface area contributed by atoms with Gasteiger partial charge in [0, 0.05) is 31.3 Å². The van der Waals surface area contributed by atoms with Crippen LogP contribution in [0.4, 0.5) is 0 Å². The van der Waals surface area contributed by atoms with Gasteiger partial charge < -0.3 is 23.5 Å². The van der Waals surface area contributed by atoms with Gasteiger partial charge in [-0.3, -0.25) is 4.79 Å². The lowest BCUT2D eigenvalue weighted by Gasteiger charge is -2.22. The molecule has 0 spiro atoms. The average Bonchev–Trinajstić information content (AvgIpc) is 3.07. The first-order chi connectivity index (χ1) is 16.0. The highest BCUT2D eigenvalue weighted by Crippen LogP contribution is 2.33. The molecule has 33 heavy (non-hydrogen) atoms. The lowest BCUT2D eigenvalue weighted by atomic mass is 10.2. The van der Waals surface area contributed by atoms with E-state index < -0.39 is 10.1 Å². The van der Waals surface area contributed by atoms with Gasteiger partial charge in [-0.05, 0) is 56.3 Å². The fourth-order valence-electron chi connectivity index (χ4n) is 4.00. The Bertz CT molecular complexity index is 1090. The molecule has 2 aromatic carbocycles. The van der Waals surface area contributed by atoms with Crippen molar-refractivity contribution in [2.75, 3.05) is 45.9 Å². The van der Waals surface area contributed by atoms with Crippen molar-refractivity contribution in [3.63, 3.8) is 0 Å². The van der Waals surface area contributed by atoms with E-state index in [9.17, 15) is 13.2 Å². The zero-order valence-electron chi connectivity index (χ0n) is 18.9. The zero-order valence-corrected chi connectivity index (χ0v) is 19.7. The summed E-state index contributed by atoms with van der Waals surface area (Å²) in [5.74, 6) is 0.840. The number of unbranched alkanes of at least 4 members (excludes halogenated alkanes) is 1. The molecule has 9 heteroatoms. The third-order valence-electron chi connectivity index (χ3n) is 5.79. The number of carbonyl (C=O) groups is 1. The molecule has 1 amide bonds. The average molecular weight is 475 g/mol. The normalized spacial score (nSPS) is 16.8. The molecule has 1 saturated heterocycles. The maximum absolute atomic E-state index is 13.1. The van der Waals surface area contributed by atoms with Gasteiger partial charge in [-0.15, -0.1) is 0 Å². The van der Waals surface area contributed by atoms with Gasteiger partial charge in [-0.1, -0.05) is 19.4 Å². The first-order valence-corrected chi connectivity index (χ1v) is 12.8. The summed E-state index contributed by atoms with van der Waals surface area (Å²) >= 11 is 0. The van der Waals surface area contributed by atoms with E-state index in [0.29, 0.717) is 43.4 Å². The number of hydrogen-bond donors (Lipinski definition) is 0. The predicted molar refractivity (Wildman–Crippen MR) is 124 cm³/mol. The molecule has 1 fully saturated rings. The quantitative estimate of drug-likeness (QED) is 0.570. The summed E-state index contributed by atoms with van der Waals surface area (Å²) in [5.41, 5.74) is 0.409. The van der Waals surface area contributed by atoms with Crippen LogP contribution in [0.25, 0.3) is 0 Å². The van der Waals surface area contributed by atoms with Crippen molar-refractivity contribution < 1.29 is 26.9 Å². The largest absolute Gasteiger partial charge is 0.486 e. The fraction of sp³-hybridized carbons (Fsp3) is 0.458. The Hall–Kier alpha value is -2.78. The topological polar surface area (TPSA) is 85.4 Å². The smallest absolute Gasteiger partial charge is 0.339 e. The first-order valence-electron chi connectivity index (χ1n) is 11.4. The third kappa shape index (κ3) is 5.78. The van der Waals surface area contributed by atoms with Crippen LogP contribution in [-0.2, 0) is 10.1 Å². The van der Waals surface area contributed by atoms with Crippen molar-refractivity contribution in [1.29, 1.82) is 0 Å². The van der Waals surface area contributed by atoms with Crippen molar-refractivity contribution in [3.8, 4) is 17.2 Å². The van der Waals surface area contributed by atoms with Gasteiger partial charge in [0.2, 0.25) is 0 Å². The molecule has 0 N–H and O–H groups in total. The highest BCUT2D eigenvalue weighted by atomic mass is 32.2. The Morgan fingerprint density at radius 3 is 2.64 bits per heavy atom. The van der Waals surface area contributed by atoms with E-state index in [2.05, 4.69) is 11.8 Å². The van der Waals surface area contributed by atoms with Crippen molar-refractivity contribution in [2.45, 2.75) is 31.1 Å². The molecule has 2 aromatic rings. The zero-order chi connectivity index (χ0) is 23.3. The summed E-state index contributed by atoms with van der Waals surface area (Å²) in [7, 11) is -4.10. The Morgan fingerprint density at radius 1 is 1.00 bits per heavy atom. The van der Waals surface area contributed by atoms with E-state index in [1.54, 1.807) is 18.2 Å². The van der Waals surface area contributed by atoms with Gasteiger partial charge in [-0.2, -0.15) is 8.42 Å². The number of hydrogen-bond acceptors (Lipinski definition) is 7. The van der Waals surface area contributed by atoms with E-state index in [1.807, 2.05) is 4.90 Å². The van der Waals surface area contributed by atoms with E-state index in [-0.39, 0.29) is 16.6 Å². The highest BCUT2D eigenvalue weighted by Gasteiger charge is 2.23. The summed E-state index contributed by atoms with van der Waals surface area (Å²) in [5, 5.41) is 0. The molecule has 0 radical (unpaired) electrons. The van der Waals surface area contributed by atoms with Gasteiger partial charge in [-0.25, -0.2) is 0 Å². The SMILES string of the molecule is CCCCN1CCCN(C(=O)c2cccc(OS(=O)(=O)c3ccc4c(c3)OCCO4)c2)CC1. The van der Waals surface area contributed by atoms with E-state index >= 15 is 0 Å². The second-order valence-corrected chi connectivity index (χ2v) is 9.76. The molecule has 0 bridgehead atoms. The summed E-state index contributed by atoms with van der Waals surface area (Å²) in [6.45, 7) is 7.18. The maximum Gasteiger partial charge on any atom is 0.339 e. The van der Waals surface area contributed by atoms with Crippen LogP contribution in [0.15, 0.2) is 47.4 Å². The Balaban J connectivity index is 1.45. The molecule has 2 aliphatic heterocycles. The molecule has 178 valence electrons. The Morgan fingerprint density at radius 2 is 1.82 bits per heavy atom. The number of amides is 1. The van der Waals surface area contributed by atoms with Crippen LogP contribution >= 0.6 is 0 Å². The molecule has 0 atom stereocenters. The second-order valence-electron chi connectivity index (χ2n) is 8.21. The highest BCUT2D eigenvalue weighted by molar-refractivity contribution is 7.87. The Kier molecular flexibility index (Phi) is 7.39. The minimum absolute atomic E-state index is 0.0387. The minimum Gasteiger partial charge on any atom is -0.486 e. The maximum atomic E-state index is 13.1. The van der Waals surface area contributed by atoms with Crippen LogP contribution in [-0.4, -0.2) is 70.1 Å². The molecule has 0 saturated carbocycles. The van der Waals surface area contributed by atoms with Crippen molar-refractivity contribution in [1.82, 2.24) is 9.80 Å². The minimum atomic E-state index is -4.10. The molecular formula is C24H30N2O6S. The monoisotopic (exact) mass is 474 g/mol. The van der Waals surface area contributed by atoms with E-state index in [0.717, 1.165) is 38.9 Å². The third-order valence-corrected chi connectivity index (χ3v) is 7.04. The van der Waals surface area contributed by atoms with Crippen LogP contribution in [0.1, 0.15) is 36.5 Å². The summed E-state index contributed by atoms with van der Waals surface area (Å²) in [6.07, 6.45) is 3.23. The number of fused-ring (bicyclic) bond motifs is 1. The van der Waals surface area contributed by atoms with Crippen LogP contribution in [0, 0.1) is 0 Å². The van der Waals surface area contributed by atoms with Gasteiger partial charge in [0.05, 0.1) is 0 Å². The van der Waals surface area contributed by atoms with Crippen LogP contribution in [0.2, 0.25) is 0 Å². The molecule has 0 unspecified atom stereocenters. The molecule has 0 aromatic heterocycles. The molecule has 2 heterocycles. The number of benzene rings is 2. The number of ether oxygens (including phenoxy) is 2.